The van der Waals surface area contributed by atoms with Crippen molar-refractivity contribution in [3.63, 3.8) is 0 Å². The van der Waals surface area contributed by atoms with E-state index in [-0.39, 0.29) is 0 Å². The third-order valence-corrected chi connectivity index (χ3v) is 5.19. The van der Waals surface area contributed by atoms with Gasteiger partial charge in [-0.25, -0.2) is 0 Å². The Labute approximate surface area is 144 Å². The molecular formula is C22H23Cl. The summed E-state index contributed by atoms with van der Waals surface area (Å²) in [5.74, 6) is 0. The lowest BCUT2D eigenvalue weighted by molar-refractivity contribution is 1.03. The number of hydrogen-bond acceptors (Lipinski definition) is 0. The van der Waals surface area contributed by atoms with Crippen LogP contribution in [-0.2, 0) is 19.3 Å². The Balaban J connectivity index is 2.10. The van der Waals surface area contributed by atoms with E-state index in [0.29, 0.717) is 0 Å². The number of allylic oxidation sites excluding steroid dienone is 3. The average Bonchev–Trinajstić information content (AvgIpc) is 2.55. The summed E-state index contributed by atoms with van der Waals surface area (Å²) in [6.07, 6.45) is 5.27. The molecule has 0 amide bonds. The highest BCUT2D eigenvalue weighted by Gasteiger charge is 2.19. The lowest BCUT2D eigenvalue weighted by atomic mass is 9.83. The molecule has 1 aliphatic carbocycles. The lowest BCUT2D eigenvalue weighted by Crippen LogP contribution is -2.05. The highest BCUT2D eigenvalue weighted by Crippen LogP contribution is 2.38. The Bertz CT molecular complexity index is 809. The van der Waals surface area contributed by atoms with Crippen molar-refractivity contribution in [1.82, 2.24) is 0 Å². The summed E-state index contributed by atoms with van der Waals surface area (Å²) in [5, 5.41) is 0.841. The maximum absolute atomic E-state index is 6.44. The largest absolute Gasteiger partial charge is 0.0911 e. The highest BCUT2D eigenvalue weighted by atomic mass is 35.5. The first kappa shape index (κ1) is 16.1. The molecule has 0 heterocycles. The van der Waals surface area contributed by atoms with E-state index < -0.39 is 0 Å². The molecule has 0 radical (unpaired) electrons. The van der Waals surface area contributed by atoms with Gasteiger partial charge in [0.1, 0.15) is 0 Å². The lowest BCUT2D eigenvalue weighted by Gasteiger charge is -2.22. The summed E-state index contributed by atoms with van der Waals surface area (Å²) in [6, 6.07) is 10.8. The van der Waals surface area contributed by atoms with Crippen molar-refractivity contribution in [2.75, 3.05) is 0 Å². The van der Waals surface area contributed by atoms with Crippen LogP contribution in [0.25, 0.3) is 11.1 Å². The molecule has 0 unspecified atom stereocenters. The molecule has 1 heteroatoms. The Hall–Kier alpha value is -1.79. The van der Waals surface area contributed by atoms with Crippen LogP contribution < -0.4 is 0 Å². The van der Waals surface area contributed by atoms with Gasteiger partial charge in [0.2, 0.25) is 0 Å². The Morgan fingerprint density at radius 1 is 1.04 bits per heavy atom. The number of benzene rings is 2. The van der Waals surface area contributed by atoms with E-state index in [1.165, 1.54) is 39.0 Å². The summed E-state index contributed by atoms with van der Waals surface area (Å²) in [4.78, 5) is 0. The average molecular weight is 323 g/mol. The Morgan fingerprint density at radius 3 is 2.43 bits per heavy atom. The monoisotopic (exact) mass is 322 g/mol. The van der Waals surface area contributed by atoms with Crippen molar-refractivity contribution in [2.45, 2.75) is 40.0 Å². The van der Waals surface area contributed by atoms with Gasteiger partial charge in [-0.2, -0.15) is 0 Å². The smallest absolute Gasteiger partial charge is 0.0447 e. The second-order valence-corrected chi connectivity index (χ2v) is 6.69. The molecule has 0 saturated carbocycles. The van der Waals surface area contributed by atoms with Gasteiger partial charge in [-0.3, -0.25) is 0 Å². The van der Waals surface area contributed by atoms with Gasteiger partial charge in [0.05, 0.1) is 0 Å². The first-order valence-corrected chi connectivity index (χ1v) is 8.72. The molecule has 0 aliphatic heterocycles. The van der Waals surface area contributed by atoms with E-state index >= 15 is 0 Å². The highest BCUT2D eigenvalue weighted by molar-refractivity contribution is 6.31. The molecule has 118 valence electrons. The SMILES string of the molecule is C=C1C=C(c2cc(CC)c(CC)cc2C)Cc2c(Cl)cccc21. The predicted octanol–water partition coefficient (Wildman–Crippen LogP) is 6.43. The fraction of sp³-hybridized carbons (Fsp3) is 0.273. The minimum absolute atomic E-state index is 0.841. The quantitative estimate of drug-likeness (QED) is 0.611. The number of aryl methyl sites for hydroxylation is 3. The van der Waals surface area contributed by atoms with Crippen LogP contribution >= 0.6 is 11.6 Å². The standard InChI is InChI=1S/C22H23Cl/c1-5-16-10-15(4)20(12-17(16)6-2)18-11-14(3)19-8-7-9-22(23)21(19)13-18/h7-12H,3,5-6,13H2,1-2,4H3. The zero-order valence-electron chi connectivity index (χ0n) is 14.2. The van der Waals surface area contributed by atoms with Gasteiger partial charge in [0.25, 0.3) is 0 Å². The summed E-state index contributed by atoms with van der Waals surface area (Å²) in [6.45, 7) is 10.9. The van der Waals surface area contributed by atoms with Crippen molar-refractivity contribution < 1.29 is 0 Å². The van der Waals surface area contributed by atoms with Crippen LogP contribution in [0.1, 0.15) is 47.2 Å². The zero-order valence-corrected chi connectivity index (χ0v) is 14.9. The van der Waals surface area contributed by atoms with Crippen LogP contribution in [-0.4, -0.2) is 0 Å². The molecule has 1 aliphatic rings. The van der Waals surface area contributed by atoms with E-state index in [2.05, 4.69) is 51.6 Å². The van der Waals surface area contributed by atoms with Crippen LogP contribution in [0.4, 0.5) is 0 Å². The van der Waals surface area contributed by atoms with E-state index in [9.17, 15) is 0 Å². The van der Waals surface area contributed by atoms with Crippen molar-refractivity contribution in [2.24, 2.45) is 0 Å². The molecule has 0 nitrogen and oxygen atoms in total. The summed E-state index contributed by atoms with van der Waals surface area (Å²) in [7, 11) is 0. The van der Waals surface area contributed by atoms with Crippen LogP contribution in [0, 0.1) is 6.92 Å². The molecule has 2 aromatic rings. The zero-order chi connectivity index (χ0) is 16.6. The minimum atomic E-state index is 0.841. The maximum atomic E-state index is 6.44. The first-order valence-electron chi connectivity index (χ1n) is 8.35. The van der Waals surface area contributed by atoms with E-state index in [4.69, 9.17) is 11.6 Å². The molecule has 23 heavy (non-hydrogen) atoms. The summed E-state index contributed by atoms with van der Waals surface area (Å²) >= 11 is 6.44. The Morgan fingerprint density at radius 2 is 1.74 bits per heavy atom. The molecule has 0 saturated heterocycles. The molecule has 0 atom stereocenters. The molecule has 0 fully saturated rings. The van der Waals surface area contributed by atoms with Gasteiger partial charge < -0.3 is 0 Å². The fourth-order valence-electron chi connectivity index (χ4n) is 3.56. The van der Waals surface area contributed by atoms with Gasteiger partial charge in [0, 0.05) is 11.4 Å². The molecule has 0 spiro atoms. The Kier molecular flexibility index (Phi) is 4.46. The second kappa shape index (κ2) is 6.37. The van der Waals surface area contributed by atoms with Gasteiger partial charge >= 0.3 is 0 Å². The summed E-state index contributed by atoms with van der Waals surface area (Å²) < 4.78 is 0. The van der Waals surface area contributed by atoms with Crippen molar-refractivity contribution in [3.05, 3.63) is 81.4 Å². The second-order valence-electron chi connectivity index (χ2n) is 6.28. The molecule has 0 N–H and O–H groups in total. The number of hydrogen-bond donors (Lipinski definition) is 0. The van der Waals surface area contributed by atoms with Crippen molar-refractivity contribution in [3.8, 4) is 0 Å². The van der Waals surface area contributed by atoms with Gasteiger partial charge in [-0.05, 0) is 70.4 Å². The van der Waals surface area contributed by atoms with E-state index in [0.717, 1.165) is 29.9 Å². The molecule has 3 rings (SSSR count). The van der Waals surface area contributed by atoms with E-state index in [1.54, 1.807) is 0 Å². The fourth-order valence-corrected chi connectivity index (χ4v) is 3.80. The summed E-state index contributed by atoms with van der Waals surface area (Å²) in [5.41, 5.74) is 10.4. The first-order chi connectivity index (χ1) is 11.0. The number of rotatable bonds is 3. The van der Waals surface area contributed by atoms with Crippen molar-refractivity contribution >= 4 is 22.7 Å². The third kappa shape index (κ3) is 2.88. The number of halogens is 1. The molecular weight excluding hydrogens is 300 g/mol. The van der Waals surface area contributed by atoms with Crippen molar-refractivity contribution in [1.29, 1.82) is 0 Å². The minimum Gasteiger partial charge on any atom is -0.0911 e. The van der Waals surface area contributed by atoms with Crippen LogP contribution in [0.15, 0.2) is 43.0 Å². The predicted molar refractivity (Wildman–Crippen MR) is 102 cm³/mol. The van der Waals surface area contributed by atoms with Gasteiger partial charge in [-0.1, -0.05) is 62.4 Å². The van der Waals surface area contributed by atoms with Gasteiger partial charge in [-0.15, -0.1) is 0 Å². The van der Waals surface area contributed by atoms with Crippen LogP contribution in [0.2, 0.25) is 5.02 Å². The van der Waals surface area contributed by atoms with Gasteiger partial charge in [0.15, 0.2) is 0 Å². The van der Waals surface area contributed by atoms with Crippen LogP contribution in [0.5, 0.6) is 0 Å². The third-order valence-electron chi connectivity index (χ3n) is 4.83. The molecule has 0 aromatic heterocycles. The molecule has 0 bridgehead atoms. The van der Waals surface area contributed by atoms with Crippen LogP contribution in [0.3, 0.4) is 0 Å². The topological polar surface area (TPSA) is 0 Å². The maximum Gasteiger partial charge on any atom is 0.0447 e. The number of fused-ring (bicyclic) bond motifs is 1. The molecule has 2 aromatic carbocycles. The van der Waals surface area contributed by atoms with E-state index in [1.807, 2.05) is 12.1 Å². The normalized spacial score (nSPS) is 13.7.